The normalized spacial score (nSPS) is 15.9. The zero-order valence-corrected chi connectivity index (χ0v) is 16.9. The minimum atomic E-state index is -0.227. The molecular formula is C22H24N2O2S. The summed E-state index contributed by atoms with van der Waals surface area (Å²) in [4.78, 5) is 28.8. The van der Waals surface area contributed by atoms with Gasteiger partial charge in [0.1, 0.15) is 0 Å². The van der Waals surface area contributed by atoms with Crippen LogP contribution in [0.5, 0.6) is 0 Å². The molecule has 3 rings (SSSR count). The summed E-state index contributed by atoms with van der Waals surface area (Å²) in [6, 6.07) is 16.0. The first-order valence-corrected chi connectivity index (χ1v) is 9.78. The SMILES string of the molecule is CC(C)c1ccc(CN2C(=O)SC(=Cc3ccc(N(C)C)cc3)C2=O)cc1. The van der Waals surface area contributed by atoms with E-state index < -0.39 is 0 Å². The number of hydrogen-bond acceptors (Lipinski definition) is 4. The Kier molecular flexibility index (Phi) is 5.71. The Morgan fingerprint density at radius 1 is 1.00 bits per heavy atom. The van der Waals surface area contributed by atoms with E-state index in [-0.39, 0.29) is 11.1 Å². The largest absolute Gasteiger partial charge is 0.378 e. The van der Waals surface area contributed by atoms with Gasteiger partial charge in [-0.2, -0.15) is 0 Å². The molecule has 0 spiro atoms. The second-order valence-electron chi connectivity index (χ2n) is 7.15. The topological polar surface area (TPSA) is 40.6 Å². The van der Waals surface area contributed by atoms with Crippen molar-refractivity contribution in [1.82, 2.24) is 4.90 Å². The molecule has 4 nitrogen and oxygen atoms in total. The van der Waals surface area contributed by atoms with E-state index in [0.717, 1.165) is 28.6 Å². The predicted octanol–water partition coefficient (Wildman–Crippen LogP) is 5.11. The van der Waals surface area contributed by atoms with Gasteiger partial charge in [-0.15, -0.1) is 0 Å². The Morgan fingerprint density at radius 3 is 2.19 bits per heavy atom. The van der Waals surface area contributed by atoms with Gasteiger partial charge < -0.3 is 4.90 Å². The number of anilines is 1. The highest BCUT2D eigenvalue weighted by molar-refractivity contribution is 8.18. The van der Waals surface area contributed by atoms with Crippen LogP contribution in [0.4, 0.5) is 10.5 Å². The van der Waals surface area contributed by atoms with Gasteiger partial charge in [0.05, 0.1) is 11.4 Å². The minimum absolute atomic E-state index is 0.218. The average molecular weight is 381 g/mol. The molecule has 1 aliphatic rings. The summed E-state index contributed by atoms with van der Waals surface area (Å²) in [5, 5.41) is -0.218. The summed E-state index contributed by atoms with van der Waals surface area (Å²) in [6.07, 6.45) is 1.78. The number of thioether (sulfide) groups is 1. The average Bonchev–Trinajstić information content (AvgIpc) is 2.90. The van der Waals surface area contributed by atoms with Crippen LogP contribution in [0.1, 0.15) is 36.5 Å². The molecule has 0 unspecified atom stereocenters. The second-order valence-corrected chi connectivity index (χ2v) is 8.14. The van der Waals surface area contributed by atoms with Crippen molar-refractivity contribution >= 4 is 34.7 Å². The third-order valence-corrected chi connectivity index (χ3v) is 5.48. The lowest BCUT2D eigenvalue weighted by Gasteiger charge is -2.13. The quantitative estimate of drug-likeness (QED) is 0.676. The molecule has 1 heterocycles. The van der Waals surface area contributed by atoms with Gasteiger partial charge in [0.25, 0.3) is 11.1 Å². The van der Waals surface area contributed by atoms with Crippen LogP contribution < -0.4 is 4.90 Å². The third-order valence-electron chi connectivity index (χ3n) is 4.57. The molecule has 1 aliphatic heterocycles. The van der Waals surface area contributed by atoms with Crippen molar-refractivity contribution in [3.63, 3.8) is 0 Å². The fourth-order valence-corrected chi connectivity index (χ4v) is 3.69. The third kappa shape index (κ3) is 4.42. The van der Waals surface area contributed by atoms with Gasteiger partial charge in [-0.05, 0) is 52.6 Å². The molecule has 0 N–H and O–H groups in total. The molecule has 0 aromatic heterocycles. The van der Waals surface area contributed by atoms with Crippen molar-refractivity contribution in [3.8, 4) is 0 Å². The van der Waals surface area contributed by atoms with E-state index in [2.05, 4.69) is 26.0 Å². The van der Waals surface area contributed by atoms with Crippen LogP contribution >= 0.6 is 11.8 Å². The van der Waals surface area contributed by atoms with Gasteiger partial charge in [-0.1, -0.05) is 50.2 Å². The Hall–Kier alpha value is -2.53. The van der Waals surface area contributed by atoms with Crippen molar-refractivity contribution in [2.45, 2.75) is 26.3 Å². The standard InChI is InChI=1S/C22H24N2O2S/c1-15(2)18-9-5-17(6-10-18)14-24-21(25)20(27-22(24)26)13-16-7-11-19(12-8-16)23(3)4/h5-13,15H,14H2,1-4H3. The molecule has 0 radical (unpaired) electrons. The first kappa shape index (κ1) is 19.2. The van der Waals surface area contributed by atoms with E-state index in [4.69, 9.17) is 0 Å². The van der Waals surface area contributed by atoms with Gasteiger partial charge in [0, 0.05) is 19.8 Å². The molecule has 27 heavy (non-hydrogen) atoms. The minimum Gasteiger partial charge on any atom is -0.378 e. The molecule has 1 fully saturated rings. The number of amides is 2. The number of nitrogens with zero attached hydrogens (tertiary/aromatic N) is 2. The molecule has 5 heteroatoms. The monoisotopic (exact) mass is 380 g/mol. The number of benzene rings is 2. The van der Waals surface area contributed by atoms with Crippen LogP contribution in [-0.4, -0.2) is 30.1 Å². The first-order valence-electron chi connectivity index (χ1n) is 8.96. The maximum absolute atomic E-state index is 12.7. The maximum Gasteiger partial charge on any atom is 0.293 e. The van der Waals surface area contributed by atoms with Crippen molar-refractivity contribution in [2.75, 3.05) is 19.0 Å². The van der Waals surface area contributed by atoms with E-state index in [1.807, 2.05) is 55.4 Å². The molecule has 0 atom stereocenters. The van der Waals surface area contributed by atoms with Crippen LogP contribution in [-0.2, 0) is 11.3 Å². The molecule has 2 aromatic carbocycles. The number of imide groups is 1. The van der Waals surface area contributed by atoms with E-state index in [1.165, 1.54) is 10.5 Å². The Bertz CT molecular complexity index is 868. The van der Waals surface area contributed by atoms with Crippen molar-refractivity contribution < 1.29 is 9.59 Å². The van der Waals surface area contributed by atoms with Crippen LogP contribution in [0.3, 0.4) is 0 Å². The summed E-state index contributed by atoms with van der Waals surface area (Å²) in [5.41, 5.74) is 4.20. The molecule has 0 saturated carbocycles. The smallest absolute Gasteiger partial charge is 0.293 e. The number of carbonyl (C=O) groups is 2. The van der Waals surface area contributed by atoms with E-state index >= 15 is 0 Å². The summed E-state index contributed by atoms with van der Waals surface area (Å²) in [5.74, 6) is 0.229. The number of carbonyl (C=O) groups excluding carboxylic acids is 2. The zero-order valence-electron chi connectivity index (χ0n) is 16.1. The highest BCUT2D eigenvalue weighted by Gasteiger charge is 2.34. The van der Waals surface area contributed by atoms with Crippen molar-refractivity contribution in [3.05, 3.63) is 70.1 Å². The predicted molar refractivity (Wildman–Crippen MR) is 113 cm³/mol. The lowest BCUT2D eigenvalue weighted by molar-refractivity contribution is -0.123. The molecule has 0 bridgehead atoms. The molecule has 0 aliphatic carbocycles. The van der Waals surface area contributed by atoms with Crippen molar-refractivity contribution in [1.29, 1.82) is 0 Å². The lowest BCUT2D eigenvalue weighted by atomic mass is 10.0. The Morgan fingerprint density at radius 2 is 1.63 bits per heavy atom. The highest BCUT2D eigenvalue weighted by Crippen LogP contribution is 2.33. The maximum atomic E-state index is 12.7. The number of hydrogen-bond donors (Lipinski definition) is 0. The van der Waals surface area contributed by atoms with Gasteiger partial charge in [-0.3, -0.25) is 14.5 Å². The van der Waals surface area contributed by atoms with E-state index in [0.29, 0.717) is 17.4 Å². The molecule has 1 saturated heterocycles. The van der Waals surface area contributed by atoms with Gasteiger partial charge >= 0.3 is 0 Å². The van der Waals surface area contributed by atoms with Crippen LogP contribution in [0, 0.1) is 0 Å². The lowest BCUT2D eigenvalue weighted by Crippen LogP contribution is -2.27. The number of rotatable bonds is 5. The fourth-order valence-electron chi connectivity index (χ4n) is 2.85. The summed E-state index contributed by atoms with van der Waals surface area (Å²) in [7, 11) is 3.96. The summed E-state index contributed by atoms with van der Waals surface area (Å²) >= 11 is 1.00. The van der Waals surface area contributed by atoms with Crippen molar-refractivity contribution in [2.24, 2.45) is 0 Å². The van der Waals surface area contributed by atoms with Gasteiger partial charge in [-0.25, -0.2) is 0 Å². The second kappa shape index (κ2) is 8.01. The molecule has 2 aromatic rings. The van der Waals surface area contributed by atoms with Crippen LogP contribution in [0.25, 0.3) is 6.08 Å². The van der Waals surface area contributed by atoms with Gasteiger partial charge in [0.15, 0.2) is 0 Å². The fraction of sp³-hybridized carbons (Fsp3) is 0.273. The molecular weight excluding hydrogens is 356 g/mol. The highest BCUT2D eigenvalue weighted by atomic mass is 32.2. The Labute approximate surface area is 164 Å². The van der Waals surface area contributed by atoms with E-state index in [9.17, 15) is 9.59 Å². The van der Waals surface area contributed by atoms with Gasteiger partial charge in [0.2, 0.25) is 0 Å². The van der Waals surface area contributed by atoms with E-state index in [1.54, 1.807) is 6.08 Å². The van der Waals surface area contributed by atoms with Crippen LogP contribution in [0.2, 0.25) is 0 Å². The summed E-state index contributed by atoms with van der Waals surface area (Å²) in [6.45, 7) is 4.59. The molecule has 140 valence electrons. The zero-order chi connectivity index (χ0) is 19.6. The Balaban J connectivity index is 1.74. The first-order chi connectivity index (χ1) is 12.8. The summed E-state index contributed by atoms with van der Waals surface area (Å²) < 4.78 is 0. The van der Waals surface area contributed by atoms with Crippen LogP contribution in [0.15, 0.2) is 53.4 Å². The molecule has 2 amide bonds.